The molecule has 1 fully saturated rings. The van der Waals surface area contributed by atoms with E-state index in [1.807, 2.05) is 0 Å². The number of carbonyl (C=O) groups excluding carboxylic acids is 2. The van der Waals surface area contributed by atoms with Crippen molar-refractivity contribution in [2.45, 2.75) is 44.8 Å². The van der Waals surface area contributed by atoms with Crippen molar-refractivity contribution in [3.05, 3.63) is 17.5 Å². The maximum atomic E-state index is 12.2. The van der Waals surface area contributed by atoms with E-state index >= 15 is 0 Å². The number of hydrogen-bond acceptors (Lipinski definition) is 4. The van der Waals surface area contributed by atoms with Crippen LogP contribution in [0, 0.1) is 5.92 Å². The van der Waals surface area contributed by atoms with E-state index < -0.39 is 5.92 Å². The van der Waals surface area contributed by atoms with Gasteiger partial charge in [0, 0.05) is 12.8 Å². The van der Waals surface area contributed by atoms with E-state index in [1.54, 1.807) is 10.9 Å². The van der Waals surface area contributed by atoms with Crippen molar-refractivity contribution in [1.29, 1.82) is 0 Å². The van der Waals surface area contributed by atoms with Gasteiger partial charge in [-0.15, -0.1) is 0 Å². The van der Waals surface area contributed by atoms with Gasteiger partial charge in [-0.3, -0.25) is 4.79 Å². The molecule has 5 heteroatoms. The molecule has 2 heterocycles. The van der Waals surface area contributed by atoms with Gasteiger partial charge < -0.3 is 9.53 Å². The highest BCUT2D eigenvalue weighted by Crippen LogP contribution is 2.27. The van der Waals surface area contributed by atoms with Gasteiger partial charge in [0.15, 0.2) is 5.78 Å². The topological polar surface area (TPSA) is 61.2 Å². The largest absolute Gasteiger partial charge is 0.357 e. The van der Waals surface area contributed by atoms with Crippen LogP contribution in [0.4, 0.5) is 0 Å². The molecule has 19 heavy (non-hydrogen) atoms. The first-order chi connectivity index (χ1) is 9.29. The monoisotopic (exact) mass is 262 g/mol. The second kappa shape index (κ2) is 5.25. The average Bonchev–Trinajstić information content (AvgIpc) is 2.82. The molecule has 2 unspecified atom stereocenters. The molecule has 0 N–H and O–H groups in total. The van der Waals surface area contributed by atoms with Crippen molar-refractivity contribution in [3.63, 3.8) is 0 Å². The van der Waals surface area contributed by atoms with Crippen LogP contribution >= 0.6 is 0 Å². The molecule has 0 amide bonds. The fraction of sp³-hybridized carbons (Fsp3) is 0.643. The first kappa shape index (κ1) is 12.5. The smallest absolute Gasteiger partial charge is 0.176 e. The Bertz CT molecular complexity index is 489. The summed E-state index contributed by atoms with van der Waals surface area (Å²) in [5, 5.41) is 4.51. The molecule has 102 valence electrons. The number of rotatable bonds is 2. The average molecular weight is 262 g/mol. The lowest BCUT2D eigenvalue weighted by atomic mass is 9.99. The minimum Gasteiger partial charge on any atom is -0.357 e. The molecule has 0 spiro atoms. The van der Waals surface area contributed by atoms with Gasteiger partial charge in [0.1, 0.15) is 12.5 Å². The molecule has 1 aliphatic heterocycles. The Hall–Kier alpha value is -1.49. The Balaban J connectivity index is 1.89. The third-order valence-electron chi connectivity index (χ3n) is 3.95. The highest BCUT2D eigenvalue weighted by Gasteiger charge is 2.29. The summed E-state index contributed by atoms with van der Waals surface area (Å²) in [4.78, 5) is 23.2. The molecule has 2 atom stereocenters. The van der Waals surface area contributed by atoms with Crippen LogP contribution in [0.5, 0.6) is 0 Å². The Labute approximate surface area is 111 Å². The highest BCUT2D eigenvalue weighted by molar-refractivity contribution is 6.06. The van der Waals surface area contributed by atoms with E-state index in [9.17, 15) is 9.59 Å². The summed E-state index contributed by atoms with van der Waals surface area (Å²) in [6, 6.07) is 0. The summed E-state index contributed by atoms with van der Waals surface area (Å²) in [6.45, 7) is 0.750. The van der Waals surface area contributed by atoms with E-state index in [4.69, 9.17) is 4.74 Å². The summed E-state index contributed by atoms with van der Waals surface area (Å²) >= 11 is 0. The van der Waals surface area contributed by atoms with Gasteiger partial charge in [-0.05, 0) is 38.5 Å². The van der Waals surface area contributed by atoms with Crippen molar-refractivity contribution in [1.82, 2.24) is 9.78 Å². The Morgan fingerprint density at radius 3 is 2.95 bits per heavy atom. The molecule has 0 saturated carbocycles. The molecular formula is C14H18N2O3. The normalized spacial score (nSPS) is 27.7. The van der Waals surface area contributed by atoms with Gasteiger partial charge in [-0.1, -0.05) is 0 Å². The van der Waals surface area contributed by atoms with Crippen molar-refractivity contribution >= 4 is 12.1 Å². The minimum atomic E-state index is -0.494. The van der Waals surface area contributed by atoms with E-state index in [0.29, 0.717) is 12.0 Å². The van der Waals surface area contributed by atoms with Crippen molar-refractivity contribution in [2.24, 2.45) is 5.92 Å². The molecule has 1 aliphatic carbocycles. The van der Waals surface area contributed by atoms with Gasteiger partial charge in [0.2, 0.25) is 0 Å². The second-order valence-electron chi connectivity index (χ2n) is 5.29. The zero-order valence-corrected chi connectivity index (χ0v) is 10.9. The predicted octanol–water partition coefficient (Wildman–Crippen LogP) is 1.92. The number of carbonyl (C=O) groups is 2. The van der Waals surface area contributed by atoms with Crippen molar-refractivity contribution in [2.75, 3.05) is 6.61 Å². The molecule has 5 nitrogen and oxygen atoms in total. The van der Waals surface area contributed by atoms with Crippen molar-refractivity contribution < 1.29 is 14.3 Å². The van der Waals surface area contributed by atoms with Gasteiger partial charge in [0.25, 0.3) is 0 Å². The summed E-state index contributed by atoms with van der Waals surface area (Å²) in [5.41, 5.74) is 1.44. The van der Waals surface area contributed by atoms with Gasteiger partial charge in [0.05, 0.1) is 17.2 Å². The third-order valence-corrected chi connectivity index (χ3v) is 3.95. The Morgan fingerprint density at radius 1 is 1.32 bits per heavy atom. The van der Waals surface area contributed by atoms with E-state index in [1.165, 1.54) is 0 Å². The van der Waals surface area contributed by atoms with Gasteiger partial charge in [-0.2, -0.15) is 5.10 Å². The van der Waals surface area contributed by atoms with Gasteiger partial charge in [-0.25, -0.2) is 4.68 Å². The SMILES string of the molecule is O=CC1CCCc2nn(C3CCCCO3)cc2C1=O. The number of nitrogens with zero attached hydrogens (tertiary/aromatic N) is 2. The number of aldehydes is 1. The van der Waals surface area contributed by atoms with E-state index in [-0.39, 0.29) is 12.0 Å². The van der Waals surface area contributed by atoms with Crippen LogP contribution in [0.1, 0.15) is 54.4 Å². The zero-order chi connectivity index (χ0) is 13.2. The van der Waals surface area contributed by atoms with Crippen LogP contribution in [0.15, 0.2) is 6.20 Å². The number of ether oxygens (including phenoxy) is 1. The molecule has 0 aromatic carbocycles. The molecule has 3 rings (SSSR count). The fourth-order valence-corrected chi connectivity index (χ4v) is 2.85. The number of fused-ring (bicyclic) bond motifs is 1. The predicted molar refractivity (Wildman–Crippen MR) is 67.9 cm³/mol. The van der Waals surface area contributed by atoms with E-state index in [2.05, 4.69) is 5.10 Å². The van der Waals surface area contributed by atoms with Crippen LogP contribution in [0.25, 0.3) is 0 Å². The van der Waals surface area contributed by atoms with E-state index in [0.717, 1.165) is 50.7 Å². The first-order valence-corrected chi connectivity index (χ1v) is 6.98. The summed E-state index contributed by atoms with van der Waals surface area (Å²) < 4.78 is 7.45. The number of Topliss-reactive ketones (excluding diaryl/α,β-unsaturated/α-hetero) is 1. The van der Waals surface area contributed by atoms with Crippen molar-refractivity contribution in [3.8, 4) is 0 Å². The molecule has 1 aromatic heterocycles. The summed E-state index contributed by atoms with van der Waals surface area (Å²) in [6.07, 6.45) is 7.88. The molecule has 0 radical (unpaired) electrons. The van der Waals surface area contributed by atoms with Crippen LogP contribution in [0.3, 0.4) is 0 Å². The number of hydrogen-bond donors (Lipinski definition) is 0. The summed E-state index contributed by atoms with van der Waals surface area (Å²) in [7, 11) is 0. The third kappa shape index (κ3) is 2.34. The maximum absolute atomic E-state index is 12.2. The quantitative estimate of drug-likeness (QED) is 0.464. The number of aryl methyl sites for hydroxylation is 1. The zero-order valence-electron chi connectivity index (χ0n) is 10.9. The molecule has 1 aromatic rings. The molecule has 1 saturated heterocycles. The fourth-order valence-electron chi connectivity index (χ4n) is 2.85. The van der Waals surface area contributed by atoms with Gasteiger partial charge >= 0.3 is 0 Å². The highest BCUT2D eigenvalue weighted by atomic mass is 16.5. The number of aromatic nitrogens is 2. The first-order valence-electron chi connectivity index (χ1n) is 6.98. The second-order valence-corrected chi connectivity index (χ2v) is 5.29. The lowest BCUT2D eigenvalue weighted by molar-refractivity contribution is -0.110. The molecule has 0 bridgehead atoms. The minimum absolute atomic E-state index is 0.0526. The van der Waals surface area contributed by atoms with Crippen LogP contribution < -0.4 is 0 Å². The summed E-state index contributed by atoms with van der Waals surface area (Å²) in [5.74, 6) is -0.573. The lowest BCUT2D eigenvalue weighted by Crippen LogP contribution is -2.19. The Morgan fingerprint density at radius 2 is 2.21 bits per heavy atom. The lowest BCUT2D eigenvalue weighted by Gasteiger charge is -2.22. The molecule has 2 aliphatic rings. The standard InChI is InChI=1S/C14H18N2O3/c17-9-10-4-3-5-12-11(14(10)18)8-16(15-12)13-6-1-2-7-19-13/h8-10,13H,1-7H2. The van der Waals surface area contributed by atoms with Crippen LogP contribution in [-0.4, -0.2) is 28.5 Å². The number of ketones is 1. The molecular weight excluding hydrogens is 244 g/mol. The van der Waals surface area contributed by atoms with Crippen LogP contribution in [-0.2, 0) is 16.0 Å². The maximum Gasteiger partial charge on any atom is 0.176 e. The van der Waals surface area contributed by atoms with Crippen LogP contribution in [0.2, 0.25) is 0 Å². The Kier molecular flexibility index (Phi) is 3.46.